The number of hydrogen-bond acceptors (Lipinski definition) is 2. The van der Waals surface area contributed by atoms with Crippen molar-refractivity contribution in [3.05, 3.63) is 35.4 Å². The van der Waals surface area contributed by atoms with E-state index in [2.05, 4.69) is 38.1 Å². The van der Waals surface area contributed by atoms with Crippen LogP contribution in [0.4, 0.5) is 0 Å². The third-order valence-electron chi connectivity index (χ3n) is 2.89. The number of halogens is 1. The lowest BCUT2D eigenvalue weighted by molar-refractivity contribution is -0.143. The molecule has 0 amide bonds. The average molecular weight is 283 g/mol. The van der Waals surface area contributed by atoms with E-state index in [0.29, 0.717) is 25.4 Å². The topological polar surface area (TPSA) is 26.3 Å². The molecule has 0 aliphatic rings. The largest absolute Gasteiger partial charge is 0.466 e. The fraction of sp³-hybridized carbons (Fsp3) is 0.562. The molecule has 3 heteroatoms. The van der Waals surface area contributed by atoms with Crippen molar-refractivity contribution in [2.24, 2.45) is 5.92 Å². The molecular formula is C16H23ClO2. The highest BCUT2D eigenvalue weighted by Gasteiger charge is 2.11. The van der Waals surface area contributed by atoms with Gasteiger partial charge >= 0.3 is 5.97 Å². The summed E-state index contributed by atoms with van der Waals surface area (Å²) in [5.74, 6) is 0.478. The van der Waals surface area contributed by atoms with Crippen LogP contribution >= 0.6 is 11.6 Å². The number of benzene rings is 1. The van der Waals surface area contributed by atoms with Crippen molar-refractivity contribution in [1.82, 2.24) is 0 Å². The smallest absolute Gasteiger partial charge is 0.305 e. The van der Waals surface area contributed by atoms with E-state index in [1.807, 2.05) is 6.92 Å². The average Bonchev–Trinajstić information content (AvgIpc) is 2.36. The molecule has 0 aliphatic heterocycles. The molecule has 1 rings (SSSR count). The van der Waals surface area contributed by atoms with Gasteiger partial charge in [0.25, 0.3) is 0 Å². The quantitative estimate of drug-likeness (QED) is 0.543. The molecule has 0 N–H and O–H groups in total. The third-order valence-corrected chi connectivity index (χ3v) is 3.36. The molecule has 0 bridgehead atoms. The SMILES string of the molecule is CCOC(=O)CCC(Cl)c1ccc(CC(C)C)cc1. The van der Waals surface area contributed by atoms with E-state index in [0.717, 1.165) is 12.0 Å². The Morgan fingerprint density at radius 2 is 1.89 bits per heavy atom. The normalized spacial score (nSPS) is 12.5. The minimum absolute atomic E-state index is 0.127. The van der Waals surface area contributed by atoms with Crippen LogP contribution in [0.25, 0.3) is 0 Å². The van der Waals surface area contributed by atoms with Gasteiger partial charge in [-0.25, -0.2) is 0 Å². The summed E-state index contributed by atoms with van der Waals surface area (Å²) in [4.78, 5) is 11.3. The summed E-state index contributed by atoms with van der Waals surface area (Å²) in [7, 11) is 0. The summed E-state index contributed by atoms with van der Waals surface area (Å²) in [5.41, 5.74) is 2.39. The van der Waals surface area contributed by atoms with Gasteiger partial charge in [-0.15, -0.1) is 11.6 Å². The third kappa shape index (κ3) is 6.11. The molecular weight excluding hydrogens is 260 g/mol. The van der Waals surface area contributed by atoms with Crippen LogP contribution in [-0.2, 0) is 16.0 Å². The van der Waals surface area contributed by atoms with Crippen molar-refractivity contribution < 1.29 is 9.53 Å². The Hall–Kier alpha value is -1.02. The molecule has 0 aromatic heterocycles. The molecule has 1 atom stereocenters. The fourth-order valence-corrected chi connectivity index (χ4v) is 2.23. The van der Waals surface area contributed by atoms with Crippen LogP contribution in [0.15, 0.2) is 24.3 Å². The lowest BCUT2D eigenvalue weighted by atomic mass is 10.00. The molecule has 0 saturated carbocycles. The highest BCUT2D eigenvalue weighted by atomic mass is 35.5. The second-order valence-electron chi connectivity index (χ2n) is 5.15. The number of hydrogen-bond donors (Lipinski definition) is 0. The van der Waals surface area contributed by atoms with Gasteiger partial charge in [0, 0.05) is 6.42 Å². The summed E-state index contributed by atoms with van der Waals surface area (Å²) in [6.45, 7) is 6.65. The number of esters is 1. The van der Waals surface area contributed by atoms with E-state index >= 15 is 0 Å². The monoisotopic (exact) mass is 282 g/mol. The zero-order chi connectivity index (χ0) is 14.3. The maximum absolute atomic E-state index is 11.3. The van der Waals surface area contributed by atoms with E-state index < -0.39 is 0 Å². The predicted molar refractivity (Wildman–Crippen MR) is 79.4 cm³/mol. The molecule has 0 heterocycles. The Labute approximate surface area is 121 Å². The molecule has 2 nitrogen and oxygen atoms in total. The van der Waals surface area contributed by atoms with Gasteiger partial charge in [-0.3, -0.25) is 4.79 Å². The first-order valence-electron chi connectivity index (χ1n) is 6.91. The first-order valence-corrected chi connectivity index (χ1v) is 7.35. The minimum Gasteiger partial charge on any atom is -0.466 e. The van der Waals surface area contributed by atoms with Gasteiger partial charge in [0.05, 0.1) is 12.0 Å². The molecule has 19 heavy (non-hydrogen) atoms. The molecule has 106 valence electrons. The summed E-state index contributed by atoms with van der Waals surface area (Å²) in [6.07, 6.45) is 2.07. The number of ether oxygens (including phenoxy) is 1. The van der Waals surface area contributed by atoms with Crippen molar-refractivity contribution in [3.63, 3.8) is 0 Å². The van der Waals surface area contributed by atoms with Crippen molar-refractivity contribution >= 4 is 17.6 Å². The first-order chi connectivity index (χ1) is 9.02. The first kappa shape index (κ1) is 16.0. The zero-order valence-electron chi connectivity index (χ0n) is 12.0. The van der Waals surface area contributed by atoms with Crippen LogP contribution in [-0.4, -0.2) is 12.6 Å². The lowest BCUT2D eigenvalue weighted by Gasteiger charge is -2.11. The zero-order valence-corrected chi connectivity index (χ0v) is 12.7. The van der Waals surface area contributed by atoms with Crippen LogP contribution in [0.1, 0.15) is 50.1 Å². The van der Waals surface area contributed by atoms with Crippen molar-refractivity contribution in [2.45, 2.75) is 45.4 Å². The van der Waals surface area contributed by atoms with Crippen molar-refractivity contribution in [1.29, 1.82) is 0 Å². The number of alkyl halides is 1. The maximum Gasteiger partial charge on any atom is 0.305 e. The Bertz CT molecular complexity index is 384. The van der Waals surface area contributed by atoms with Crippen LogP contribution < -0.4 is 0 Å². The minimum atomic E-state index is -0.176. The summed E-state index contributed by atoms with van der Waals surface area (Å²) in [5, 5.41) is -0.127. The van der Waals surface area contributed by atoms with Gasteiger partial charge in [-0.2, -0.15) is 0 Å². The summed E-state index contributed by atoms with van der Waals surface area (Å²) in [6, 6.07) is 8.35. The van der Waals surface area contributed by atoms with Gasteiger partial charge in [0.1, 0.15) is 0 Å². The van der Waals surface area contributed by atoms with Crippen LogP contribution in [0, 0.1) is 5.92 Å². The molecule has 0 fully saturated rings. The molecule has 1 aromatic carbocycles. The molecule has 0 saturated heterocycles. The predicted octanol–water partition coefficient (Wildman–Crippen LogP) is 4.51. The van der Waals surface area contributed by atoms with Crippen molar-refractivity contribution in [3.8, 4) is 0 Å². The Kier molecular flexibility index (Phi) is 6.93. The second-order valence-corrected chi connectivity index (χ2v) is 5.68. The Balaban J connectivity index is 2.48. The van der Waals surface area contributed by atoms with E-state index in [4.69, 9.17) is 16.3 Å². The molecule has 0 radical (unpaired) electrons. The van der Waals surface area contributed by atoms with Crippen LogP contribution in [0.5, 0.6) is 0 Å². The molecule has 0 spiro atoms. The Morgan fingerprint density at radius 3 is 2.42 bits per heavy atom. The Morgan fingerprint density at radius 1 is 1.26 bits per heavy atom. The van der Waals surface area contributed by atoms with E-state index in [1.165, 1.54) is 5.56 Å². The highest BCUT2D eigenvalue weighted by Crippen LogP contribution is 2.26. The summed E-state index contributed by atoms with van der Waals surface area (Å²) >= 11 is 6.30. The van der Waals surface area contributed by atoms with Gasteiger partial charge in [-0.05, 0) is 36.8 Å². The van der Waals surface area contributed by atoms with Gasteiger partial charge < -0.3 is 4.74 Å². The van der Waals surface area contributed by atoms with E-state index in [-0.39, 0.29) is 11.3 Å². The van der Waals surface area contributed by atoms with E-state index in [9.17, 15) is 4.79 Å². The van der Waals surface area contributed by atoms with Gasteiger partial charge in [-0.1, -0.05) is 38.1 Å². The van der Waals surface area contributed by atoms with Gasteiger partial charge in [0.2, 0.25) is 0 Å². The second kappa shape index (κ2) is 8.21. The van der Waals surface area contributed by atoms with Gasteiger partial charge in [0.15, 0.2) is 0 Å². The molecule has 1 unspecified atom stereocenters. The number of carbonyl (C=O) groups excluding carboxylic acids is 1. The fourth-order valence-electron chi connectivity index (χ4n) is 1.98. The van der Waals surface area contributed by atoms with E-state index in [1.54, 1.807) is 0 Å². The van der Waals surface area contributed by atoms with Crippen LogP contribution in [0.2, 0.25) is 0 Å². The molecule has 0 aliphatic carbocycles. The number of carbonyl (C=O) groups is 1. The van der Waals surface area contributed by atoms with Crippen LogP contribution in [0.3, 0.4) is 0 Å². The lowest BCUT2D eigenvalue weighted by Crippen LogP contribution is -2.05. The van der Waals surface area contributed by atoms with Crippen molar-refractivity contribution in [2.75, 3.05) is 6.61 Å². The highest BCUT2D eigenvalue weighted by molar-refractivity contribution is 6.20. The standard InChI is InChI=1S/C16H23ClO2/c1-4-19-16(18)10-9-15(17)14-7-5-13(6-8-14)11-12(2)3/h5-8,12,15H,4,9-11H2,1-3H3. The summed E-state index contributed by atoms with van der Waals surface area (Å²) < 4.78 is 4.89. The molecule has 1 aromatic rings. The number of rotatable bonds is 7. The maximum atomic E-state index is 11.3.